The number of hydrogen-bond donors (Lipinski definition) is 2. The van der Waals surface area contributed by atoms with Crippen LogP contribution in [0.2, 0.25) is 0 Å². The van der Waals surface area contributed by atoms with Crippen LogP contribution in [0.1, 0.15) is 39.7 Å². The van der Waals surface area contributed by atoms with Gasteiger partial charge in [0.2, 0.25) is 11.8 Å². The summed E-state index contributed by atoms with van der Waals surface area (Å²) >= 11 is 2.17. The molecule has 2 aromatic rings. The SMILES string of the molecule is CCOc1ccc(NC(=O)CC(=O)NN=Cc2cc(I)c(OC(C)C)c(OCC)c2)cc1. The quantitative estimate of drug-likeness (QED) is 0.187. The topological polar surface area (TPSA) is 98.2 Å². The molecule has 0 aromatic heterocycles. The van der Waals surface area contributed by atoms with Gasteiger partial charge in [0, 0.05) is 5.69 Å². The molecule has 2 N–H and O–H groups in total. The summed E-state index contributed by atoms with van der Waals surface area (Å²) in [4.78, 5) is 24.1. The molecule has 2 aromatic carbocycles. The number of halogens is 1. The van der Waals surface area contributed by atoms with Gasteiger partial charge in [0.1, 0.15) is 12.2 Å². The number of benzene rings is 2. The van der Waals surface area contributed by atoms with E-state index in [0.717, 1.165) is 9.13 Å². The molecule has 2 rings (SSSR count). The van der Waals surface area contributed by atoms with Crippen molar-refractivity contribution in [1.29, 1.82) is 0 Å². The first-order chi connectivity index (χ1) is 15.3. The van der Waals surface area contributed by atoms with Crippen LogP contribution in [0.3, 0.4) is 0 Å². The number of nitrogens with zero attached hydrogens (tertiary/aromatic N) is 1. The summed E-state index contributed by atoms with van der Waals surface area (Å²) in [7, 11) is 0. The van der Waals surface area contributed by atoms with E-state index in [9.17, 15) is 9.59 Å². The van der Waals surface area contributed by atoms with Gasteiger partial charge in [-0.3, -0.25) is 9.59 Å². The van der Waals surface area contributed by atoms with Gasteiger partial charge in [-0.05, 0) is 92.2 Å². The average molecular weight is 553 g/mol. The van der Waals surface area contributed by atoms with Gasteiger partial charge in [-0.15, -0.1) is 0 Å². The van der Waals surface area contributed by atoms with Crippen molar-refractivity contribution in [3.05, 3.63) is 45.5 Å². The molecule has 0 atom stereocenters. The van der Waals surface area contributed by atoms with Crippen LogP contribution in [0.4, 0.5) is 5.69 Å². The molecule has 8 nitrogen and oxygen atoms in total. The van der Waals surface area contributed by atoms with Gasteiger partial charge in [-0.25, -0.2) is 5.43 Å². The first-order valence-electron chi connectivity index (χ1n) is 10.3. The van der Waals surface area contributed by atoms with Crippen molar-refractivity contribution < 1.29 is 23.8 Å². The molecule has 0 heterocycles. The minimum atomic E-state index is -0.524. The number of carbonyl (C=O) groups excluding carboxylic acids is 2. The Labute approximate surface area is 201 Å². The van der Waals surface area contributed by atoms with Crippen LogP contribution in [0.5, 0.6) is 17.2 Å². The zero-order valence-electron chi connectivity index (χ0n) is 18.6. The third kappa shape index (κ3) is 8.37. The van der Waals surface area contributed by atoms with Crippen LogP contribution in [0.25, 0.3) is 0 Å². The van der Waals surface area contributed by atoms with Crippen molar-refractivity contribution >= 4 is 46.3 Å². The molecule has 0 saturated carbocycles. The molecule has 0 aliphatic heterocycles. The largest absolute Gasteiger partial charge is 0.494 e. The maximum absolute atomic E-state index is 12.1. The summed E-state index contributed by atoms with van der Waals surface area (Å²) in [5.41, 5.74) is 3.68. The lowest BCUT2D eigenvalue weighted by molar-refractivity contribution is -0.126. The molecular formula is C23H28IN3O5. The molecule has 0 aliphatic rings. The van der Waals surface area contributed by atoms with Crippen LogP contribution in [0, 0.1) is 3.57 Å². The maximum Gasteiger partial charge on any atom is 0.249 e. The Morgan fingerprint density at radius 3 is 2.38 bits per heavy atom. The van der Waals surface area contributed by atoms with E-state index in [1.165, 1.54) is 6.21 Å². The summed E-state index contributed by atoms with van der Waals surface area (Å²) in [5, 5.41) is 6.61. The van der Waals surface area contributed by atoms with Gasteiger partial charge in [0.05, 0.1) is 29.1 Å². The van der Waals surface area contributed by atoms with Crippen molar-refractivity contribution in [3.8, 4) is 17.2 Å². The predicted molar refractivity (Wildman–Crippen MR) is 133 cm³/mol. The number of anilines is 1. The van der Waals surface area contributed by atoms with E-state index in [-0.39, 0.29) is 12.5 Å². The van der Waals surface area contributed by atoms with Crippen molar-refractivity contribution in [3.63, 3.8) is 0 Å². The van der Waals surface area contributed by atoms with Gasteiger partial charge in [0.15, 0.2) is 11.5 Å². The first kappa shape index (κ1) is 25.4. The zero-order valence-corrected chi connectivity index (χ0v) is 20.8. The van der Waals surface area contributed by atoms with E-state index < -0.39 is 11.8 Å². The number of hydrogen-bond acceptors (Lipinski definition) is 6. The predicted octanol–water partition coefficient (Wildman–Crippen LogP) is 4.35. The highest BCUT2D eigenvalue weighted by Crippen LogP contribution is 2.34. The second-order valence-electron chi connectivity index (χ2n) is 6.91. The summed E-state index contributed by atoms with van der Waals surface area (Å²) in [6, 6.07) is 10.6. The van der Waals surface area contributed by atoms with Gasteiger partial charge in [-0.1, -0.05) is 0 Å². The van der Waals surface area contributed by atoms with E-state index >= 15 is 0 Å². The lowest BCUT2D eigenvalue weighted by Crippen LogP contribution is -2.24. The normalized spacial score (nSPS) is 10.8. The van der Waals surface area contributed by atoms with Crippen molar-refractivity contribution in [2.75, 3.05) is 18.5 Å². The lowest BCUT2D eigenvalue weighted by atomic mass is 10.2. The Kier molecular flexibility index (Phi) is 10.3. The summed E-state index contributed by atoms with van der Waals surface area (Å²) in [5.74, 6) is 1.03. The lowest BCUT2D eigenvalue weighted by Gasteiger charge is -2.16. The number of amides is 2. The molecule has 172 valence electrons. The van der Waals surface area contributed by atoms with E-state index in [2.05, 4.69) is 38.4 Å². The molecule has 0 spiro atoms. The van der Waals surface area contributed by atoms with Crippen molar-refractivity contribution in [2.24, 2.45) is 5.10 Å². The summed E-state index contributed by atoms with van der Waals surface area (Å²) in [6.45, 7) is 8.74. The van der Waals surface area contributed by atoms with Gasteiger partial charge >= 0.3 is 0 Å². The highest BCUT2D eigenvalue weighted by atomic mass is 127. The Balaban J connectivity index is 1.92. The van der Waals surface area contributed by atoms with E-state index in [4.69, 9.17) is 14.2 Å². The second kappa shape index (κ2) is 12.9. The fraction of sp³-hybridized carbons (Fsp3) is 0.348. The number of nitrogens with one attached hydrogen (secondary N) is 2. The van der Waals surface area contributed by atoms with Crippen LogP contribution >= 0.6 is 22.6 Å². The van der Waals surface area contributed by atoms with E-state index in [1.54, 1.807) is 30.3 Å². The van der Waals surface area contributed by atoms with Crippen molar-refractivity contribution in [1.82, 2.24) is 5.43 Å². The molecule has 0 fully saturated rings. The Morgan fingerprint density at radius 1 is 1.06 bits per heavy atom. The Hall–Kier alpha value is -2.82. The molecule has 0 saturated heterocycles. The minimum absolute atomic E-state index is 0.00952. The molecule has 32 heavy (non-hydrogen) atoms. The van der Waals surface area contributed by atoms with Crippen LogP contribution in [-0.2, 0) is 9.59 Å². The molecule has 0 aliphatic carbocycles. The maximum atomic E-state index is 12.1. The highest BCUT2D eigenvalue weighted by Gasteiger charge is 2.13. The van der Waals surface area contributed by atoms with Crippen molar-refractivity contribution in [2.45, 2.75) is 40.2 Å². The van der Waals surface area contributed by atoms with Crippen LogP contribution < -0.4 is 25.0 Å². The monoisotopic (exact) mass is 553 g/mol. The zero-order chi connectivity index (χ0) is 23.5. The Morgan fingerprint density at radius 2 is 1.75 bits per heavy atom. The summed E-state index contributed by atoms with van der Waals surface area (Å²) < 4.78 is 17.7. The fourth-order valence-electron chi connectivity index (χ4n) is 2.65. The van der Waals surface area contributed by atoms with E-state index in [0.29, 0.717) is 36.1 Å². The molecule has 2 amide bonds. The Bertz CT molecular complexity index is 945. The number of carbonyl (C=O) groups is 2. The average Bonchev–Trinajstić information content (AvgIpc) is 2.72. The number of hydrazone groups is 1. The van der Waals surface area contributed by atoms with Gasteiger partial charge in [-0.2, -0.15) is 5.10 Å². The second-order valence-corrected chi connectivity index (χ2v) is 8.07. The molecular weight excluding hydrogens is 525 g/mol. The van der Waals surface area contributed by atoms with Gasteiger partial charge < -0.3 is 19.5 Å². The molecule has 0 radical (unpaired) electrons. The first-order valence-corrected chi connectivity index (χ1v) is 11.4. The van der Waals surface area contributed by atoms with Crippen LogP contribution in [0.15, 0.2) is 41.5 Å². The third-order valence-corrected chi connectivity index (χ3v) is 4.66. The third-order valence-electron chi connectivity index (χ3n) is 3.86. The molecule has 0 bridgehead atoms. The minimum Gasteiger partial charge on any atom is -0.494 e. The fourth-order valence-corrected chi connectivity index (χ4v) is 3.40. The van der Waals surface area contributed by atoms with Gasteiger partial charge in [0.25, 0.3) is 0 Å². The number of rotatable bonds is 11. The smallest absolute Gasteiger partial charge is 0.249 e. The number of ether oxygens (including phenoxy) is 3. The highest BCUT2D eigenvalue weighted by molar-refractivity contribution is 14.1. The molecule has 0 unspecified atom stereocenters. The van der Waals surface area contributed by atoms with Crippen LogP contribution in [-0.4, -0.2) is 37.3 Å². The molecule has 9 heteroatoms. The standard InChI is InChI=1S/C23H28IN3O5/c1-5-30-18-9-7-17(8-10-18)26-21(28)13-22(29)27-25-14-16-11-19(24)23(32-15(3)4)20(12-16)31-6-2/h7-12,14-15H,5-6,13H2,1-4H3,(H,26,28)(H,27,29). The van der Waals surface area contributed by atoms with E-state index in [1.807, 2.05) is 33.8 Å². The summed E-state index contributed by atoms with van der Waals surface area (Å²) in [6.07, 6.45) is 1.15.